The third kappa shape index (κ3) is 7.26. The summed E-state index contributed by atoms with van der Waals surface area (Å²) >= 11 is 7.18. The van der Waals surface area contributed by atoms with E-state index < -0.39 is 11.9 Å². The van der Waals surface area contributed by atoms with Gasteiger partial charge in [-0.1, -0.05) is 17.7 Å². The second-order valence-corrected chi connectivity index (χ2v) is 10.3. The molecule has 1 aliphatic rings. The van der Waals surface area contributed by atoms with Crippen molar-refractivity contribution in [2.75, 3.05) is 17.2 Å². The summed E-state index contributed by atoms with van der Waals surface area (Å²) in [6.45, 7) is 5.94. The second-order valence-electron chi connectivity index (χ2n) is 8.74. The number of carbonyl (C=O) groups excluding carboxylic acids is 2. The van der Waals surface area contributed by atoms with Gasteiger partial charge in [0.15, 0.2) is 5.01 Å². The Morgan fingerprint density at radius 2 is 1.97 bits per heavy atom. The summed E-state index contributed by atoms with van der Waals surface area (Å²) in [5.74, 6) is -1.40. The molecule has 0 fully saturated rings. The number of aromatic carboxylic acids is 1. The molecule has 3 N–H and O–H groups in total. The molecule has 12 heteroatoms. The highest BCUT2D eigenvalue weighted by molar-refractivity contribution is 7.13. The van der Waals surface area contributed by atoms with Gasteiger partial charge in [0, 0.05) is 48.7 Å². The van der Waals surface area contributed by atoms with Crippen LogP contribution in [0.1, 0.15) is 56.6 Å². The first kappa shape index (κ1) is 28.5. The second kappa shape index (κ2) is 12.5. The maximum atomic E-state index is 13.1. The van der Waals surface area contributed by atoms with Crippen LogP contribution in [0.5, 0.6) is 0 Å². The Morgan fingerprint density at radius 1 is 1.19 bits per heavy atom. The highest BCUT2D eigenvalue weighted by Crippen LogP contribution is 2.28. The number of nitrogens with zero attached hydrogens (tertiary/aromatic N) is 3. The van der Waals surface area contributed by atoms with E-state index in [-0.39, 0.29) is 36.7 Å². The molecule has 196 valence electrons. The fourth-order valence-electron chi connectivity index (χ4n) is 3.88. The van der Waals surface area contributed by atoms with Gasteiger partial charge in [0.2, 0.25) is 5.91 Å². The van der Waals surface area contributed by atoms with Crippen molar-refractivity contribution in [2.24, 2.45) is 0 Å². The van der Waals surface area contributed by atoms with Crippen molar-refractivity contribution < 1.29 is 19.5 Å². The van der Waals surface area contributed by atoms with Gasteiger partial charge < -0.3 is 15.7 Å². The van der Waals surface area contributed by atoms with Crippen LogP contribution in [0.2, 0.25) is 5.02 Å². The van der Waals surface area contributed by atoms with Crippen molar-refractivity contribution >= 4 is 64.6 Å². The van der Waals surface area contributed by atoms with Gasteiger partial charge in [-0.15, -0.1) is 23.7 Å². The summed E-state index contributed by atoms with van der Waals surface area (Å²) in [6.07, 6.45) is 2.61. The van der Waals surface area contributed by atoms with Gasteiger partial charge in [0.1, 0.15) is 5.82 Å². The lowest BCUT2D eigenvalue weighted by molar-refractivity contribution is -0.116. The molecule has 4 rings (SSSR count). The fourth-order valence-corrected chi connectivity index (χ4v) is 5.02. The van der Waals surface area contributed by atoms with Crippen molar-refractivity contribution in [2.45, 2.75) is 45.7 Å². The van der Waals surface area contributed by atoms with E-state index in [1.165, 1.54) is 29.7 Å². The van der Waals surface area contributed by atoms with Crippen molar-refractivity contribution in [1.29, 1.82) is 0 Å². The molecule has 1 aliphatic heterocycles. The lowest BCUT2D eigenvalue weighted by Gasteiger charge is -2.29. The van der Waals surface area contributed by atoms with E-state index in [9.17, 15) is 19.5 Å². The highest BCUT2D eigenvalue weighted by atomic mass is 35.5. The minimum atomic E-state index is -1.11. The smallest absolute Gasteiger partial charge is 0.335 e. The molecule has 0 saturated heterocycles. The summed E-state index contributed by atoms with van der Waals surface area (Å²) in [6, 6.07) is 8.10. The number of hydrogen-bond acceptors (Lipinski definition) is 7. The molecule has 9 nitrogen and oxygen atoms in total. The fraction of sp³-hybridized carbons (Fsp3) is 0.320. The number of pyridine rings is 1. The van der Waals surface area contributed by atoms with Crippen LogP contribution in [-0.2, 0) is 24.2 Å². The van der Waals surface area contributed by atoms with Gasteiger partial charge in [-0.3, -0.25) is 14.5 Å². The number of aromatic nitrogens is 2. The standard InChI is InChI=1S/C25H26ClN5O4S.ClH/c1-14(2)31-10-9-18-20(13-31)36-24(29-18)23(33)28-19-11-16(25(34)35)4-3-15(19)5-8-22(32)30-21-7-6-17(26)12-27-21;/h3-4,6-7,11-12,14H,5,8-10,13H2,1-2H3,(H,28,33)(H,34,35)(H,27,30,32);1H. The quantitative estimate of drug-likeness (QED) is 0.356. The van der Waals surface area contributed by atoms with Crippen LogP contribution < -0.4 is 10.6 Å². The third-order valence-electron chi connectivity index (χ3n) is 5.91. The number of carbonyl (C=O) groups is 3. The zero-order valence-electron chi connectivity index (χ0n) is 20.3. The van der Waals surface area contributed by atoms with Crippen LogP contribution in [0.25, 0.3) is 0 Å². The molecule has 2 amide bonds. The lowest BCUT2D eigenvalue weighted by Crippen LogP contribution is -2.35. The molecule has 0 bridgehead atoms. The van der Waals surface area contributed by atoms with E-state index in [1.807, 2.05) is 0 Å². The van der Waals surface area contributed by atoms with Gasteiger partial charge >= 0.3 is 5.97 Å². The van der Waals surface area contributed by atoms with Crippen molar-refractivity contribution in [3.05, 3.63) is 68.3 Å². The Labute approximate surface area is 229 Å². The molecular weight excluding hydrogens is 537 g/mol. The normalized spacial score (nSPS) is 13.0. The lowest BCUT2D eigenvalue weighted by atomic mass is 10.0. The van der Waals surface area contributed by atoms with E-state index >= 15 is 0 Å². The molecule has 0 spiro atoms. The SMILES string of the molecule is CC(C)N1CCc2nc(C(=O)Nc3cc(C(=O)O)ccc3CCC(=O)Nc3ccc(Cl)cn3)sc2C1.Cl. The topological polar surface area (TPSA) is 125 Å². The summed E-state index contributed by atoms with van der Waals surface area (Å²) in [7, 11) is 0. The predicted octanol–water partition coefficient (Wildman–Crippen LogP) is 4.90. The van der Waals surface area contributed by atoms with Gasteiger partial charge in [0.05, 0.1) is 16.3 Å². The molecule has 2 aromatic heterocycles. The Morgan fingerprint density at radius 3 is 2.65 bits per heavy atom. The van der Waals surface area contributed by atoms with E-state index in [1.54, 1.807) is 18.2 Å². The van der Waals surface area contributed by atoms with Gasteiger partial charge in [-0.2, -0.15) is 0 Å². The molecule has 0 aliphatic carbocycles. The number of anilines is 2. The number of amides is 2. The van der Waals surface area contributed by atoms with E-state index in [4.69, 9.17) is 11.6 Å². The van der Waals surface area contributed by atoms with Gasteiger partial charge in [-0.25, -0.2) is 14.8 Å². The van der Waals surface area contributed by atoms with E-state index in [2.05, 4.69) is 39.3 Å². The summed E-state index contributed by atoms with van der Waals surface area (Å²) in [5, 5.41) is 15.7. The van der Waals surface area contributed by atoms with Crippen molar-refractivity contribution in [3.63, 3.8) is 0 Å². The summed E-state index contributed by atoms with van der Waals surface area (Å²) in [4.78, 5) is 49.0. The maximum absolute atomic E-state index is 13.1. The first-order valence-electron chi connectivity index (χ1n) is 11.5. The minimum Gasteiger partial charge on any atom is -0.478 e. The first-order valence-corrected chi connectivity index (χ1v) is 12.7. The molecule has 1 aromatic carbocycles. The number of benzene rings is 1. The minimum absolute atomic E-state index is 0. The molecule has 0 unspecified atom stereocenters. The molecular formula is C25H27Cl2N5O4S. The Bertz CT molecular complexity index is 1300. The molecule has 37 heavy (non-hydrogen) atoms. The molecule has 0 radical (unpaired) electrons. The third-order valence-corrected chi connectivity index (χ3v) is 7.21. The monoisotopic (exact) mass is 563 g/mol. The number of fused-ring (bicyclic) bond motifs is 1. The van der Waals surface area contributed by atoms with Crippen molar-refractivity contribution in [1.82, 2.24) is 14.9 Å². The first-order chi connectivity index (χ1) is 17.2. The number of thiazole rings is 1. The zero-order valence-corrected chi connectivity index (χ0v) is 22.7. The summed E-state index contributed by atoms with van der Waals surface area (Å²) < 4.78 is 0. The predicted molar refractivity (Wildman–Crippen MR) is 146 cm³/mol. The van der Waals surface area contributed by atoms with Crippen LogP contribution in [0.4, 0.5) is 11.5 Å². The highest BCUT2D eigenvalue weighted by Gasteiger charge is 2.25. The van der Waals surface area contributed by atoms with Crippen LogP contribution in [0.15, 0.2) is 36.5 Å². The van der Waals surface area contributed by atoms with Crippen LogP contribution in [0.3, 0.4) is 0 Å². The van der Waals surface area contributed by atoms with Gasteiger partial charge in [-0.05, 0) is 50.1 Å². The average Bonchev–Trinajstić information content (AvgIpc) is 3.28. The number of aryl methyl sites for hydroxylation is 1. The largest absolute Gasteiger partial charge is 0.478 e. The van der Waals surface area contributed by atoms with Crippen LogP contribution in [0, 0.1) is 0 Å². The average molecular weight is 564 g/mol. The number of nitrogens with one attached hydrogen (secondary N) is 2. The number of carboxylic acid groups (broad SMARTS) is 1. The number of carboxylic acids is 1. The molecule has 0 atom stereocenters. The Kier molecular flexibility index (Phi) is 9.61. The number of hydrogen-bond donors (Lipinski definition) is 3. The Balaban J connectivity index is 0.00000380. The molecule has 0 saturated carbocycles. The van der Waals surface area contributed by atoms with Crippen LogP contribution in [-0.4, -0.2) is 50.3 Å². The van der Waals surface area contributed by atoms with Crippen LogP contribution >= 0.6 is 35.3 Å². The number of rotatable bonds is 8. The molecule has 3 heterocycles. The maximum Gasteiger partial charge on any atom is 0.335 e. The summed E-state index contributed by atoms with van der Waals surface area (Å²) in [5.41, 5.74) is 1.96. The van der Waals surface area contributed by atoms with Crippen molar-refractivity contribution in [3.8, 4) is 0 Å². The number of halogens is 2. The zero-order chi connectivity index (χ0) is 25.8. The van der Waals surface area contributed by atoms with Gasteiger partial charge in [0.25, 0.3) is 5.91 Å². The van der Waals surface area contributed by atoms with E-state index in [0.29, 0.717) is 33.1 Å². The Hall–Kier alpha value is -3.05. The van der Waals surface area contributed by atoms with E-state index in [0.717, 1.165) is 30.1 Å². The molecule has 3 aromatic rings.